The summed E-state index contributed by atoms with van der Waals surface area (Å²) in [7, 11) is 4.03. The Morgan fingerprint density at radius 1 is 1.09 bits per heavy atom. The first-order valence-electron chi connectivity index (χ1n) is 7.54. The van der Waals surface area contributed by atoms with Crippen LogP contribution in [-0.2, 0) is 0 Å². The lowest BCUT2D eigenvalue weighted by Crippen LogP contribution is -2.11. The second kappa shape index (κ2) is 6.43. The van der Waals surface area contributed by atoms with Gasteiger partial charge in [0.25, 0.3) is 0 Å². The van der Waals surface area contributed by atoms with Crippen molar-refractivity contribution in [3.05, 3.63) is 88.1 Å². The standard InChI is InChI=1S/C20H18ClNO/c1-22(2)19-10-6-9-17(19)16-12-11-15(21)13-18(16)20(23)14-7-4-3-5-8-14/h3-8,10-13H,9H2,1-2H3. The fraction of sp³-hybridized carbons (Fsp3) is 0.150. The first-order chi connectivity index (χ1) is 11.1. The highest BCUT2D eigenvalue weighted by atomic mass is 35.5. The SMILES string of the molecule is CN(C)C1=C(c2ccc(Cl)cc2C(=O)c2ccccc2)CC=C1. The molecule has 0 aromatic heterocycles. The minimum absolute atomic E-state index is 0.000561. The second-order valence-corrected chi connectivity index (χ2v) is 6.19. The number of hydrogen-bond donors (Lipinski definition) is 0. The molecule has 0 saturated heterocycles. The summed E-state index contributed by atoms with van der Waals surface area (Å²) in [5.74, 6) is 0.000561. The predicted octanol–water partition coefficient (Wildman–Crippen LogP) is 4.80. The molecule has 0 bridgehead atoms. The number of carbonyl (C=O) groups excluding carboxylic acids is 1. The maximum absolute atomic E-state index is 12.9. The van der Waals surface area contributed by atoms with Crippen LogP contribution in [0.2, 0.25) is 5.02 Å². The van der Waals surface area contributed by atoms with Gasteiger partial charge in [0.15, 0.2) is 5.78 Å². The van der Waals surface area contributed by atoms with Gasteiger partial charge in [-0.25, -0.2) is 0 Å². The van der Waals surface area contributed by atoms with Crippen molar-refractivity contribution in [2.24, 2.45) is 0 Å². The first-order valence-corrected chi connectivity index (χ1v) is 7.92. The van der Waals surface area contributed by atoms with Gasteiger partial charge < -0.3 is 4.90 Å². The smallest absolute Gasteiger partial charge is 0.193 e. The van der Waals surface area contributed by atoms with E-state index in [-0.39, 0.29) is 5.78 Å². The number of ketones is 1. The molecule has 2 nitrogen and oxygen atoms in total. The van der Waals surface area contributed by atoms with Gasteiger partial charge in [-0.05, 0) is 35.8 Å². The molecule has 3 rings (SSSR count). The maximum Gasteiger partial charge on any atom is 0.193 e. The van der Waals surface area contributed by atoms with Crippen LogP contribution in [0.1, 0.15) is 27.9 Å². The molecule has 0 spiro atoms. The number of benzene rings is 2. The van der Waals surface area contributed by atoms with Crippen molar-refractivity contribution >= 4 is 23.0 Å². The van der Waals surface area contributed by atoms with Crippen LogP contribution in [-0.4, -0.2) is 24.8 Å². The molecular weight excluding hydrogens is 306 g/mol. The van der Waals surface area contributed by atoms with Crippen LogP contribution >= 0.6 is 11.6 Å². The van der Waals surface area contributed by atoms with Gasteiger partial charge in [0.1, 0.15) is 0 Å². The minimum atomic E-state index is 0.000561. The summed E-state index contributed by atoms with van der Waals surface area (Å²) in [6.45, 7) is 0. The van der Waals surface area contributed by atoms with E-state index in [0.717, 1.165) is 23.3 Å². The number of nitrogens with zero attached hydrogens (tertiary/aromatic N) is 1. The number of carbonyl (C=O) groups is 1. The summed E-state index contributed by atoms with van der Waals surface area (Å²) in [5.41, 5.74) is 4.58. The number of likely N-dealkylation sites (N-methyl/N-ethyl adjacent to an activating group) is 1. The Bertz CT molecular complexity index is 804. The summed E-state index contributed by atoms with van der Waals surface area (Å²) in [4.78, 5) is 15.0. The number of halogens is 1. The van der Waals surface area contributed by atoms with Crippen LogP contribution in [0.4, 0.5) is 0 Å². The van der Waals surface area contributed by atoms with Gasteiger partial charge in [-0.1, -0.05) is 54.1 Å². The van der Waals surface area contributed by atoms with Crippen molar-refractivity contribution in [1.29, 1.82) is 0 Å². The summed E-state index contributed by atoms with van der Waals surface area (Å²) >= 11 is 6.16. The zero-order valence-corrected chi connectivity index (χ0v) is 14.0. The summed E-state index contributed by atoms with van der Waals surface area (Å²) in [6, 6.07) is 14.9. The minimum Gasteiger partial charge on any atom is -0.377 e. The lowest BCUT2D eigenvalue weighted by Gasteiger charge is -2.18. The van der Waals surface area contributed by atoms with E-state index in [0.29, 0.717) is 16.1 Å². The molecule has 0 saturated carbocycles. The first kappa shape index (κ1) is 15.6. The Balaban J connectivity index is 2.13. The van der Waals surface area contributed by atoms with Gasteiger partial charge >= 0.3 is 0 Å². The Kier molecular flexibility index (Phi) is 4.35. The normalized spacial score (nSPS) is 13.5. The Labute approximate surface area is 141 Å². The van der Waals surface area contributed by atoms with Crippen LogP contribution in [0.25, 0.3) is 5.57 Å². The van der Waals surface area contributed by atoms with Gasteiger partial charge in [0.05, 0.1) is 0 Å². The maximum atomic E-state index is 12.9. The van der Waals surface area contributed by atoms with Crippen molar-refractivity contribution in [2.45, 2.75) is 6.42 Å². The molecule has 116 valence electrons. The van der Waals surface area contributed by atoms with E-state index in [1.54, 1.807) is 6.07 Å². The molecule has 2 aromatic carbocycles. The highest BCUT2D eigenvalue weighted by molar-refractivity contribution is 6.31. The molecule has 1 aliphatic rings. The van der Waals surface area contributed by atoms with Crippen LogP contribution in [0, 0.1) is 0 Å². The molecule has 0 radical (unpaired) electrons. The largest absolute Gasteiger partial charge is 0.377 e. The highest BCUT2D eigenvalue weighted by Gasteiger charge is 2.20. The van der Waals surface area contributed by atoms with Gasteiger partial charge in [0.2, 0.25) is 0 Å². The zero-order valence-electron chi connectivity index (χ0n) is 13.2. The lowest BCUT2D eigenvalue weighted by atomic mass is 9.92. The molecule has 0 amide bonds. The molecule has 0 N–H and O–H groups in total. The molecule has 0 aliphatic heterocycles. The average molecular weight is 324 g/mol. The molecule has 0 atom stereocenters. The van der Waals surface area contributed by atoms with Crippen LogP contribution in [0.3, 0.4) is 0 Å². The lowest BCUT2D eigenvalue weighted by molar-refractivity contribution is 0.103. The number of hydrogen-bond acceptors (Lipinski definition) is 2. The van der Waals surface area contributed by atoms with E-state index in [9.17, 15) is 4.79 Å². The molecular formula is C20H18ClNO. The summed E-state index contributed by atoms with van der Waals surface area (Å²) < 4.78 is 0. The van der Waals surface area contributed by atoms with Crippen molar-refractivity contribution < 1.29 is 4.79 Å². The highest BCUT2D eigenvalue weighted by Crippen LogP contribution is 2.34. The van der Waals surface area contributed by atoms with Gasteiger partial charge in [-0.15, -0.1) is 0 Å². The van der Waals surface area contributed by atoms with E-state index in [2.05, 4.69) is 17.1 Å². The van der Waals surface area contributed by atoms with Crippen LogP contribution < -0.4 is 0 Å². The molecule has 3 heteroatoms. The van der Waals surface area contributed by atoms with Gasteiger partial charge in [-0.3, -0.25) is 4.79 Å². The van der Waals surface area contributed by atoms with Gasteiger partial charge in [-0.2, -0.15) is 0 Å². The third kappa shape index (κ3) is 3.08. The van der Waals surface area contributed by atoms with Crippen molar-refractivity contribution in [1.82, 2.24) is 4.90 Å². The van der Waals surface area contributed by atoms with Crippen LogP contribution in [0.15, 0.2) is 66.4 Å². The van der Waals surface area contributed by atoms with E-state index in [1.165, 1.54) is 0 Å². The van der Waals surface area contributed by atoms with Crippen LogP contribution in [0.5, 0.6) is 0 Å². The van der Waals surface area contributed by atoms with Crippen molar-refractivity contribution in [3.63, 3.8) is 0 Å². The molecule has 2 aromatic rings. The Morgan fingerprint density at radius 3 is 2.52 bits per heavy atom. The van der Waals surface area contributed by atoms with E-state index >= 15 is 0 Å². The fourth-order valence-electron chi connectivity index (χ4n) is 2.87. The summed E-state index contributed by atoms with van der Waals surface area (Å²) in [6.07, 6.45) is 5.04. The molecule has 0 heterocycles. The monoisotopic (exact) mass is 323 g/mol. The van der Waals surface area contributed by atoms with E-state index < -0.39 is 0 Å². The van der Waals surface area contributed by atoms with E-state index in [4.69, 9.17) is 11.6 Å². The molecule has 0 fully saturated rings. The fourth-order valence-corrected chi connectivity index (χ4v) is 3.05. The summed E-state index contributed by atoms with van der Waals surface area (Å²) in [5, 5.41) is 0.575. The van der Waals surface area contributed by atoms with Crippen molar-refractivity contribution in [3.8, 4) is 0 Å². The predicted molar refractivity (Wildman–Crippen MR) is 95.7 cm³/mol. The number of allylic oxidation sites excluding steroid dienone is 3. The molecule has 1 aliphatic carbocycles. The Morgan fingerprint density at radius 2 is 1.83 bits per heavy atom. The number of rotatable bonds is 4. The topological polar surface area (TPSA) is 20.3 Å². The molecule has 23 heavy (non-hydrogen) atoms. The quantitative estimate of drug-likeness (QED) is 0.753. The van der Waals surface area contributed by atoms with Gasteiger partial charge in [0, 0.05) is 35.9 Å². The third-order valence-corrected chi connectivity index (χ3v) is 4.21. The average Bonchev–Trinajstić information content (AvgIpc) is 3.04. The Hall–Kier alpha value is -2.32. The van der Waals surface area contributed by atoms with Crippen molar-refractivity contribution in [2.75, 3.05) is 14.1 Å². The second-order valence-electron chi connectivity index (χ2n) is 5.75. The van der Waals surface area contributed by atoms with E-state index in [1.807, 2.05) is 56.6 Å². The zero-order chi connectivity index (χ0) is 16.4. The third-order valence-electron chi connectivity index (χ3n) is 3.98. The molecule has 0 unspecified atom stereocenters.